The maximum absolute atomic E-state index is 12.2. The summed E-state index contributed by atoms with van der Waals surface area (Å²) in [7, 11) is 0. The molecule has 0 bridgehead atoms. The summed E-state index contributed by atoms with van der Waals surface area (Å²) in [5.74, 6) is -0.523. The van der Waals surface area contributed by atoms with E-state index in [-0.39, 0.29) is 18.2 Å². The Morgan fingerprint density at radius 3 is 2.79 bits per heavy atom. The number of benzene rings is 1. The Bertz CT molecular complexity index is 585. The average molecular weight is 342 g/mol. The third-order valence-electron chi connectivity index (χ3n) is 3.67. The molecule has 0 radical (unpaired) electrons. The molecule has 1 aliphatic rings. The number of allylic oxidation sites excluding steroid dienone is 1. The first-order chi connectivity index (χ1) is 11.4. The molecule has 24 heavy (non-hydrogen) atoms. The summed E-state index contributed by atoms with van der Waals surface area (Å²) in [6, 6.07) is 5.41. The molecule has 0 spiro atoms. The predicted octanol–water partition coefficient (Wildman–Crippen LogP) is 4.00. The van der Waals surface area contributed by atoms with Crippen LogP contribution in [0.15, 0.2) is 35.9 Å². The molecule has 0 fully saturated rings. The molecule has 4 nitrogen and oxygen atoms in total. The minimum absolute atomic E-state index is 0.00544. The summed E-state index contributed by atoms with van der Waals surface area (Å²) >= 11 is 0. The maximum atomic E-state index is 12.2. The van der Waals surface area contributed by atoms with Gasteiger partial charge in [-0.3, -0.25) is 4.79 Å². The van der Waals surface area contributed by atoms with Crippen LogP contribution in [0.3, 0.4) is 0 Å². The number of alkyl halides is 3. The lowest BCUT2D eigenvalue weighted by Gasteiger charge is -2.13. The molecular formula is C17H21F3N2O2. The summed E-state index contributed by atoms with van der Waals surface area (Å²) < 4.78 is 40.3. The molecule has 1 aliphatic carbocycles. The van der Waals surface area contributed by atoms with E-state index in [0.29, 0.717) is 12.2 Å². The van der Waals surface area contributed by atoms with Crippen molar-refractivity contribution >= 4 is 11.6 Å². The Morgan fingerprint density at radius 1 is 1.25 bits per heavy atom. The third kappa shape index (κ3) is 6.93. The Labute approximate surface area is 139 Å². The Balaban J connectivity index is 1.71. The van der Waals surface area contributed by atoms with Gasteiger partial charge in [-0.25, -0.2) is 0 Å². The van der Waals surface area contributed by atoms with E-state index in [1.165, 1.54) is 36.6 Å². The molecule has 0 aliphatic heterocycles. The van der Waals surface area contributed by atoms with Gasteiger partial charge < -0.3 is 15.4 Å². The molecule has 7 heteroatoms. The summed E-state index contributed by atoms with van der Waals surface area (Å²) in [4.78, 5) is 11.8. The minimum Gasteiger partial charge on any atom is -0.406 e. The van der Waals surface area contributed by atoms with Gasteiger partial charge in [0, 0.05) is 18.3 Å². The smallest absolute Gasteiger partial charge is 0.406 e. The van der Waals surface area contributed by atoms with Crippen LogP contribution in [0.1, 0.15) is 32.1 Å². The molecule has 0 unspecified atom stereocenters. The monoisotopic (exact) mass is 342 g/mol. The molecule has 0 aromatic heterocycles. The number of hydrogen-bond donors (Lipinski definition) is 2. The fourth-order valence-corrected chi connectivity index (χ4v) is 2.54. The summed E-state index contributed by atoms with van der Waals surface area (Å²) in [6.07, 6.45) is 3.00. The van der Waals surface area contributed by atoms with Gasteiger partial charge in [-0.05, 0) is 44.2 Å². The summed E-state index contributed by atoms with van der Waals surface area (Å²) in [5, 5.41) is 5.58. The summed E-state index contributed by atoms with van der Waals surface area (Å²) in [5.41, 5.74) is 1.77. The number of hydrogen-bond acceptors (Lipinski definition) is 3. The van der Waals surface area contributed by atoms with E-state index in [1.54, 1.807) is 6.07 Å². The zero-order chi connectivity index (χ0) is 17.4. The number of ether oxygens (including phenoxy) is 1. The van der Waals surface area contributed by atoms with Gasteiger partial charge in [-0.15, -0.1) is 13.2 Å². The van der Waals surface area contributed by atoms with Gasteiger partial charge >= 0.3 is 6.36 Å². The molecule has 0 heterocycles. The van der Waals surface area contributed by atoms with Crippen molar-refractivity contribution in [2.75, 3.05) is 18.4 Å². The van der Waals surface area contributed by atoms with Crippen molar-refractivity contribution in [2.24, 2.45) is 0 Å². The van der Waals surface area contributed by atoms with Crippen LogP contribution in [0.5, 0.6) is 5.75 Å². The lowest BCUT2D eigenvalue weighted by atomic mass is 9.97. The number of nitrogens with one attached hydrogen (secondary N) is 2. The number of carbonyl (C=O) groups excluding carboxylic acids is 1. The second kappa shape index (κ2) is 8.61. The van der Waals surface area contributed by atoms with Crippen LogP contribution in [-0.4, -0.2) is 25.4 Å². The topological polar surface area (TPSA) is 50.4 Å². The second-order valence-electron chi connectivity index (χ2n) is 5.64. The molecule has 2 N–H and O–H groups in total. The predicted molar refractivity (Wildman–Crippen MR) is 85.8 cm³/mol. The second-order valence-corrected chi connectivity index (χ2v) is 5.64. The van der Waals surface area contributed by atoms with Gasteiger partial charge in [0.1, 0.15) is 5.75 Å². The quantitative estimate of drug-likeness (QED) is 0.736. The molecule has 132 valence electrons. The number of anilines is 1. The highest BCUT2D eigenvalue weighted by Crippen LogP contribution is 2.25. The highest BCUT2D eigenvalue weighted by molar-refractivity contribution is 5.80. The lowest BCUT2D eigenvalue weighted by Crippen LogP contribution is -2.30. The Morgan fingerprint density at radius 2 is 2.08 bits per heavy atom. The van der Waals surface area contributed by atoms with Crippen LogP contribution in [0.25, 0.3) is 0 Å². The van der Waals surface area contributed by atoms with Crippen molar-refractivity contribution in [3.8, 4) is 5.75 Å². The largest absolute Gasteiger partial charge is 0.573 e. The fraction of sp³-hybridized carbons (Fsp3) is 0.471. The standard InChI is InChI=1S/C17H21F3N2O2/c18-17(19,20)24-15-8-4-7-14(11-15)22-12-16(23)21-10-9-13-5-2-1-3-6-13/h4-5,7-8,11,22H,1-3,6,9-10,12H2,(H,21,23). The molecule has 1 aromatic rings. The normalized spacial score (nSPS) is 14.7. The highest BCUT2D eigenvalue weighted by Gasteiger charge is 2.31. The van der Waals surface area contributed by atoms with Gasteiger partial charge in [0.15, 0.2) is 0 Å². The third-order valence-corrected chi connectivity index (χ3v) is 3.67. The molecular weight excluding hydrogens is 321 g/mol. The van der Waals surface area contributed by atoms with Gasteiger partial charge in [0.2, 0.25) is 5.91 Å². The van der Waals surface area contributed by atoms with Crippen molar-refractivity contribution in [3.63, 3.8) is 0 Å². The van der Waals surface area contributed by atoms with Gasteiger partial charge in [-0.1, -0.05) is 17.7 Å². The number of rotatable bonds is 7. The number of amides is 1. The molecule has 0 saturated heterocycles. The zero-order valence-corrected chi connectivity index (χ0v) is 13.3. The van der Waals surface area contributed by atoms with Crippen LogP contribution in [0.2, 0.25) is 0 Å². The van der Waals surface area contributed by atoms with Crippen molar-refractivity contribution in [1.29, 1.82) is 0 Å². The first-order valence-electron chi connectivity index (χ1n) is 7.97. The minimum atomic E-state index is -4.73. The van der Waals surface area contributed by atoms with E-state index in [2.05, 4.69) is 21.4 Å². The number of carbonyl (C=O) groups is 1. The Hall–Kier alpha value is -2.18. The summed E-state index contributed by atoms with van der Waals surface area (Å²) in [6.45, 7) is 0.568. The first-order valence-corrected chi connectivity index (χ1v) is 7.97. The molecule has 1 aromatic carbocycles. The molecule has 1 amide bonds. The van der Waals surface area contributed by atoms with Crippen LogP contribution in [-0.2, 0) is 4.79 Å². The number of halogens is 3. The highest BCUT2D eigenvalue weighted by atomic mass is 19.4. The van der Waals surface area contributed by atoms with Gasteiger partial charge in [0.25, 0.3) is 0 Å². The van der Waals surface area contributed by atoms with Crippen LogP contribution in [0.4, 0.5) is 18.9 Å². The van der Waals surface area contributed by atoms with E-state index >= 15 is 0 Å². The van der Waals surface area contributed by atoms with E-state index in [4.69, 9.17) is 0 Å². The van der Waals surface area contributed by atoms with Crippen molar-refractivity contribution in [2.45, 2.75) is 38.5 Å². The van der Waals surface area contributed by atoms with Crippen molar-refractivity contribution in [3.05, 3.63) is 35.9 Å². The Kier molecular flexibility index (Phi) is 6.52. The van der Waals surface area contributed by atoms with E-state index < -0.39 is 6.36 Å². The van der Waals surface area contributed by atoms with Crippen LogP contribution in [0, 0.1) is 0 Å². The van der Waals surface area contributed by atoms with Gasteiger partial charge in [0.05, 0.1) is 6.54 Å². The van der Waals surface area contributed by atoms with Crippen LogP contribution >= 0.6 is 0 Å². The van der Waals surface area contributed by atoms with Crippen molar-refractivity contribution < 1.29 is 22.7 Å². The zero-order valence-electron chi connectivity index (χ0n) is 13.3. The van der Waals surface area contributed by atoms with Gasteiger partial charge in [-0.2, -0.15) is 0 Å². The molecule has 0 saturated carbocycles. The SMILES string of the molecule is O=C(CNc1cccc(OC(F)(F)F)c1)NCCC1=CCCCC1. The van der Waals surface area contributed by atoms with E-state index in [0.717, 1.165) is 19.3 Å². The molecule has 2 rings (SSSR count). The van der Waals surface area contributed by atoms with E-state index in [1.807, 2.05) is 0 Å². The fourth-order valence-electron chi connectivity index (χ4n) is 2.54. The van der Waals surface area contributed by atoms with E-state index in [9.17, 15) is 18.0 Å². The maximum Gasteiger partial charge on any atom is 0.573 e. The molecule has 0 atom stereocenters. The average Bonchev–Trinajstić information content (AvgIpc) is 2.53. The van der Waals surface area contributed by atoms with Crippen molar-refractivity contribution in [1.82, 2.24) is 5.32 Å². The lowest BCUT2D eigenvalue weighted by molar-refractivity contribution is -0.274. The first kappa shape index (κ1) is 18.2. The van der Waals surface area contributed by atoms with Crippen LogP contribution < -0.4 is 15.4 Å².